The Bertz CT molecular complexity index is 1320. The molecular formula is C25H26ClN3O3S. The predicted molar refractivity (Wildman–Crippen MR) is 130 cm³/mol. The van der Waals surface area contributed by atoms with E-state index in [0.717, 1.165) is 72.1 Å². The molecule has 172 valence electrons. The van der Waals surface area contributed by atoms with Crippen molar-refractivity contribution < 1.29 is 13.2 Å². The zero-order valence-electron chi connectivity index (χ0n) is 18.3. The lowest BCUT2D eigenvalue weighted by molar-refractivity contribution is 0.102. The molecule has 2 heterocycles. The Morgan fingerprint density at radius 2 is 1.67 bits per heavy atom. The minimum Gasteiger partial charge on any atom is -0.322 e. The van der Waals surface area contributed by atoms with Crippen LogP contribution in [0.15, 0.2) is 47.4 Å². The van der Waals surface area contributed by atoms with Crippen molar-refractivity contribution in [2.45, 2.75) is 49.8 Å². The fourth-order valence-corrected chi connectivity index (χ4v) is 6.56. The number of nitrogens with zero attached hydrogens (tertiary/aromatic N) is 2. The third kappa shape index (κ3) is 4.37. The van der Waals surface area contributed by atoms with E-state index in [9.17, 15) is 13.2 Å². The number of benzene rings is 2. The summed E-state index contributed by atoms with van der Waals surface area (Å²) in [5, 5.41) is 4.45. The highest BCUT2D eigenvalue weighted by molar-refractivity contribution is 7.89. The molecule has 8 heteroatoms. The molecule has 0 saturated carbocycles. The summed E-state index contributed by atoms with van der Waals surface area (Å²) < 4.78 is 27.2. The lowest BCUT2D eigenvalue weighted by Crippen LogP contribution is -2.35. The summed E-state index contributed by atoms with van der Waals surface area (Å²) in [6.07, 6.45) is 6.93. The van der Waals surface area contributed by atoms with E-state index in [0.29, 0.717) is 24.3 Å². The van der Waals surface area contributed by atoms with E-state index >= 15 is 0 Å². The molecular weight excluding hydrogens is 458 g/mol. The Morgan fingerprint density at radius 1 is 0.939 bits per heavy atom. The number of fused-ring (bicyclic) bond motifs is 2. The summed E-state index contributed by atoms with van der Waals surface area (Å²) in [5.74, 6) is -0.279. The molecule has 0 unspecified atom stereocenters. The highest BCUT2D eigenvalue weighted by Crippen LogP contribution is 2.33. The molecule has 5 rings (SSSR count). The molecule has 1 saturated heterocycles. The van der Waals surface area contributed by atoms with E-state index in [2.05, 4.69) is 5.32 Å². The van der Waals surface area contributed by atoms with Crippen molar-refractivity contribution >= 4 is 44.1 Å². The van der Waals surface area contributed by atoms with Crippen LogP contribution in [-0.2, 0) is 22.9 Å². The molecule has 1 N–H and O–H groups in total. The van der Waals surface area contributed by atoms with E-state index in [1.54, 1.807) is 36.4 Å². The number of aromatic nitrogens is 1. The van der Waals surface area contributed by atoms with Crippen LogP contribution in [-0.4, -0.2) is 36.7 Å². The minimum atomic E-state index is -3.50. The van der Waals surface area contributed by atoms with Gasteiger partial charge in [0.2, 0.25) is 10.0 Å². The minimum absolute atomic E-state index is 0.247. The second kappa shape index (κ2) is 9.05. The van der Waals surface area contributed by atoms with Gasteiger partial charge in [0.15, 0.2) is 0 Å². The largest absolute Gasteiger partial charge is 0.322 e. The second-order valence-electron chi connectivity index (χ2n) is 8.73. The highest BCUT2D eigenvalue weighted by Gasteiger charge is 2.25. The number of pyridine rings is 1. The number of sulfonamides is 1. The third-order valence-corrected chi connectivity index (χ3v) is 8.87. The average molecular weight is 484 g/mol. The molecule has 3 aromatic rings. The number of aryl methyl sites for hydroxylation is 1. The molecule has 33 heavy (non-hydrogen) atoms. The summed E-state index contributed by atoms with van der Waals surface area (Å²) in [6, 6.07) is 11.7. The maximum atomic E-state index is 12.9. The molecule has 0 spiro atoms. The van der Waals surface area contributed by atoms with E-state index in [1.165, 1.54) is 4.31 Å². The van der Waals surface area contributed by atoms with Crippen LogP contribution in [0.3, 0.4) is 0 Å². The zero-order valence-corrected chi connectivity index (χ0v) is 19.9. The van der Waals surface area contributed by atoms with E-state index in [-0.39, 0.29) is 10.8 Å². The van der Waals surface area contributed by atoms with Gasteiger partial charge in [-0.25, -0.2) is 8.42 Å². The van der Waals surface area contributed by atoms with Crippen LogP contribution in [0.25, 0.3) is 10.9 Å². The number of rotatable bonds is 4. The van der Waals surface area contributed by atoms with Crippen molar-refractivity contribution in [2.75, 3.05) is 18.4 Å². The summed E-state index contributed by atoms with van der Waals surface area (Å²) in [6.45, 7) is 1.12. The normalized spacial score (nSPS) is 17.0. The smallest absolute Gasteiger partial charge is 0.255 e. The van der Waals surface area contributed by atoms with Crippen molar-refractivity contribution in [2.24, 2.45) is 0 Å². The number of hydrogen-bond donors (Lipinski definition) is 1. The lowest BCUT2D eigenvalue weighted by atomic mass is 9.94. The first kappa shape index (κ1) is 22.3. The maximum Gasteiger partial charge on any atom is 0.255 e. The van der Waals surface area contributed by atoms with E-state index < -0.39 is 10.0 Å². The molecule has 1 aliphatic carbocycles. The van der Waals surface area contributed by atoms with Crippen LogP contribution < -0.4 is 5.32 Å². The quantitative estimate of drug-likeness (QED) is 0.553. The number of carbonyl (C=O) groups is 1. The molecule has 0 bridgehead atoms. The van der Waals surface area contributed by atoms with Gasteiger partial charge in [-0.3, -0.25) is 9.78 Å². The monoisotopic (exact) mass is 483 g/mol. The van der Waals surface area contributed by atoms with Crippen molar-refractivity contribution in [3.05, 3.63) is 64.3 Å². The SMILES string of the molecule is O=C(Nc1ccc(S(=O)(=O)N2CCCCC2)cc1)c1ccc2c(Cl)c3c(nc2c1)CCCC3. The summed E-state index contributed by atoms with van der Waals surface area (Å²) in [4.78, 5) is 17.9. The van der Waals surface area contributed by atoms with Crippen LogP contribution in [0.5, 0.6) is 0 Å². The summed E-state index contributed by atoms with van der Waals surface area (Å²) >= 11 is 6.64. The zero-order chi connectivity index (χ0) is 23.0. The Balaban J connectivity index is 1.35. The topological polar surface area (TPSA) is 79.4 Å². The van der Waals surface area contributed by atoms with Gasteiger partial charge in [-0.2, -0.15) is 4.31 Å². The van der Waals surface area contributed by atoms with Crippen LogP contribution in [0, 0.1) is 0 Å². The Labute approximate surface area is 199 Å². The van der Waals surface area contributed by atoms with Gasteiger partial charge in [0.05, 0.1) is 15.4 Å². The van der Waals surface area contributed by atoms with Crippen molar-refractivity contribution in [3.8, 4) is 0 Å². The summed E-state index contributed by atoms with van der Waals surface area (Å²) in [5.41, 5.74) is 3.89. The number of piperidine rings is 1. The van der Waals surface area contributed by atoms with Crippen LogP contribution in [0.2, 0.25) is 5.02 Å². The second-order valence-corrected chi connectivity index (χ2v) is 11.0. The first-order chi connectivity index (χ1) is 15.9. The number of hydrogen-bond acceptors (Lipinski definition) is 4. The van der Waals surface area contributed by atoms with Crippen LogP contribution in [0.4, 0.5) is 5.69 Å². The van der Waals surface area contributed by atoms with Gasteiger partial charge in [0.25, 0.3) is 5.91 Å². The molecule has 6 nitrogen and oxygen atoms in total. The van der Waals surface area contributed by atoms with Gasteiger partial charge in [0, 0.05) is 35.4 Å². The van der Waals surface area contributed by atoms with Gasteiger partial charge in [-0.1, -0.05) is 24.1 Å². The predicted octanol–water partition coefficient (Wildman–Crippen LogP) is 5.19. The molecule has 0 radical (unpaired) electrons. The molecule has 2 aliphatic rings. The van der Waals surface area contributed by atoms with Gasteiger partial charge in [-0.05, 0) is 80.5 Å². The number of anilines is 1. The first-order valence-electron chi connectivity index (χ1n) is 11.5. The van der Waals surface area contributed by atoms with Crippen molar-refractivity contribution in [3.63, 3.8) is 0 Å². The standard InChI is InChI=1S/C25H26ClN3O3S/c26-24-20-6-2-3-7-22(20)28-23-16-17(8-13-21(23)24)25(30)27-18-9-11-19(12-10-18)33(31,32)29-14-4-1-5-15-29/h8-13,16H,1-7,14-15H2,(H,27,30). The number of halogens is 1. The first-order valence-corrected chi connectivity index (χ1v) is 13.3. The van der Waals surface area contributed by atoms with Gasteiger partial charge in [-0.15, -0.1) is 0 Å². The molecule has 2 aromatic carbocycles. The number of amides is 1. The summed E-state index contributed by atoms with van der Waals surface area (Å²) in [7, 11) is -3.50. The molecule has 0 atom stereocenters. The van der Waals surface area contributed by atoms with E-state index in [4.69, 9.17) is 16.6 Å². The molecule has 1 fully saturated rings. The van der Waals surface area contributed by atoms with E-state index in [1.807, 2.05) is 6.07 Å². The van der Waals surface area contributed by atoms with Gasteiger partial charge in [0.1, 0.15) is 0 Å². The molecule has 1 amide bonds. The maximum absolute atomic E-state index is 12.9. The Morgan fingerprint density at radius 3 is 2.42 bits per heavy atom. The highest BCUT2D eigenvalue weighted by atomic mass is 35.5. The van der Waals surface area contributed by atoms with Gasteiger partial charge < -0.3 is 5.32 Å². The molecule has 1 aromatic heterocycles. The lowest BCUT2D eigenvalue weighted by Gasteiger charge is -2.25. The Kier molecular flexibility index (Phi) is 6.12. The van der Waals surface area contributed by atoms with Crippen LogP contribution in [0.1, 0.15) is 53.7 Å². The average Bonchev–Trinajstić information content (AvgIpc) is 2.85. The fraction of sp³-hybridized carbons (Fsp3) is 0.360. The number of carbonyl (C=O) groups excluding carboxylic acids is 1. The van der Waals surface area contributed by atoms with Crippen molar-refractivity contribution in [1.29, 1.82) is 0 Å². The van der Waals surface area contributed by atoms with Gasteiger partial charge >= 0.3 is 0 Å². The Hall–Kier alpha value is -2.48. The van der Waals surface area contributed by atoms with Crippen molar-refractivity contribution in [1.82, 2.24) is 9.29 Å². The third-order valence-electron chi connectivity index (χ3n) is 6.52. The number of nitrogens with one attached hydrogen (secondary N) is 1. The fourth-order valence-electron chi connectivity index (χ4n) is 4.68. The molecule has 1 aliphatic heterocycles. The van der Waals surface area contributed by atoms with Crippen LogP contribution >= 0.6 is 11.6 Å².